The molecule has 0 bridgehead atoms. The fourth-order valence-electron chi connectivity index (χ4n) is 2.44. The molecule has 2 N–H and O–H groups in total. The number of aliphatic carboxylic acids is 1. The first-order valence-corrected chi connectivity index (χ1v) is 7.34. The van der Waals surface area contributed by atoms with Crippen LogP contribution < -0.4 is 14.8 Å². The molecule has 1 aromatic carbocycles. The maximum absolute atomic E-state index is 11.3. The number of carboxylic acid groups (broad SMARTS) is 1. The molecule has 0 radical (unpaired) electrons. The van der Waals surface area contributed by atoms with Gasteiger partial charge in [0.1, 0.15) is 11.7 Å². The molecule has 0 saturated heterocycles. The number of tetrazole rings is 1. The minimum absolute atomic E-state index is 0.00765. The van der Waals surface area contributed by atoms with Crippen LogP contribution in [0.4, 0.5) is 5.95 Å². The monoisotopic (exact) mass is 331 g/mol. The SMILES string of the molecule is COc1cc(C2C=C(C(=O)O)Nc3nnnn32)ccc1OC(C)C. The third-order valence-electron chi connectivity index (χ3n) is 3.45. The Labute approximate surface area is 137 Å². The molecule has 1 atom stereocenters. The first-order valence-electron chi connectivity index (χ1n) is 7.34. The first-order chi connectivity index (χ1) is 11.5. The van der Waals surface area contributed by atoms with E-state index in [1.165, 1.54) is 4.68 Å². The third kappa shape index (κ3) is 2.87. The second kappa shape index (κ2) is 6.19. The summed E-state index contributed by atoms with van der Waals surface area (Å²) in [5, 5.41) is 23.2. The van der Waals surface area contributed by atoms with Crippen molar-refractivity contribution in [3.8, 4) is 11.5 Å². The van der Waals surface area contributed by atoms with Crippen molar-refractivity contribution >= 4 is 11.9 Å². The number of carbonyl (C=O) groups is 1. The Kier molecular flexibility index (Phi) is 4.07. The number of anilines is 1. The highest BCUT2D eigenvalue weighted by Crippen LogP contribution is 2.34. The van der Waals surface area contributed by atoms with Crippen LogP contribution in [0.1, 0.15) is 25.5 Å². The van der Waals surface area contributed by atoms with Crippen molar-refractivity contribution in [1.29, 1.82) is 0 Å². The van der Waals surface area contributed by atoms with Crippen LogP contribution in [0.2, 0.25) is 0 Å². The quantitative estimate of drug-likeness (QED) is 0.847. The van der Waals surface area contributed by atoms with E-state index in [1.807, 2.05) is 19.9 Å². The van der Waals surface area contributed by atoms with Gasteiger partial charge in [0, 0.05) is 0 Å². The number of fused-ring (bicyclic) bond motifs is 1. The molecule has 0 spiro atoms. The van der Waals surface area contributed by atoms with Crippen molar-refractivity contribution in [2.75, 3.05) is 12.4 Å². The van der Waals surface area contributed by atoms with E-state index in [0.29, 0.717) is 11.5 Å². The molecule has 0 aliphatic carbocycles. The average Bonchev–Trinajstić information content (AvgIpc) is 3.02. The zero-order valence-corrected chi connectivity index (χ0v) is 13.4. The van der Waals surface area contributed by atoms with Crippen LogP contribution in [0.3, 0.4) is 0 Å². The molecule has 0 saturated carbocycles. The Morgan fingerprint density at radius 2 is 2.17 bits per heavy atom. The lowest BCUT2D eigenvalue weighted by Crippen LogP contribution is -2.24. The van der Waals surface area contributed by atoms with Gasteiger partial charge in [-0.25, -0.2) is 4.79 Å². The van der Waals surface area contributed by atoms with Crippen LogP contribution in [-0.2, 0) is 4.79 Å². The lowest BCUT2D eigenvalue weighted by molar-refractivity contribution is -0.132. The minimum Gasteiger partial charge on any atom is -0.493 e. The number of hydrogen-bond donors (Lipinski definition) is 2. The predicted molar refractivity (Wildman–Crippen MR) is 84.1 cm³/mol. The van der Waals surface area contributed by atoms with E-state index in [4.69, 9.17) is 9.47 Å². The van der Waals surface area contributed by atoms with Gasteiger partial charge in [0.2, 0.25) is 5.95 Å². The van der Waals surface area contributed by atoms with Crippen molar-refractivity contribution in [2.45, 2.75) is 26.0 Å². The maximum atomic E-state index is 11.3. The van der Waals surface area contributed by atoms with Gasteiger partial charge in [-0.05, 0) is 48.0 Å². The number of carboxylic acids is 1. The highest BCUT2D eigenvalue weighted by Gasteiger charge is 2.27. The van der Waals surface area contributed by atoms with E-state index in [0.717, 1.165) is 5.56 Å². The number of aromatic nitrogens is 4. The standard InChI is InChI=1S/C15H17N5O4/c1-8(2)24-12-5-4-9(6-13(12)23-3)11-7-10(14(21)22)16-15-17-18-19-20(11)15/h4-8,11H,1-3H3,(H,21,22)(H,16,17,19). The molecule has 1 aliphatic heterocycles. The molecule has 126 valence electrons. The number of allylic oxidation sites excluding steroid dienone is 1. The fourth-order valence-corrected chi connectivity index (χ4v) is 2.44. The van der Waals surface area contributed by atoms with Crippen LogP contribution in [0, 0.1) is 0 Å². The molecular weight excluding hydrogens is 314 g/mol. The summed E-state index contributed by atoms with van der Waals surface area (Å²) in [6.45, 7) is 3.85. The molecule has 2 aromatic rings. The van der Waals surface area contributed by atoms with E-state index in [-0.39, 0.29) is 17.7 Å². The number of benzene rings is 1. The molecule has 1 aromatic heterocycles. The Morgan fingerprint density at radius 1 is 1.38 bits per heavy atom. The normalized spacial score (nSPS) is 16.2. The van der Waals surface area contributed by atoms with Gasteiger partial charge in [-0.3, -0.25) is 0 Å². The second-order valence-corrected chi connectivity index (χ2v) is 5.48. The number of ether oxygens (including phenoxy) is 2. The number of hydrogen-bond acceptors (Lipinski definition) is 7. The molecular formula is C15H17N5O4. The zero-order chi connectivity index (χ0) is 17.3. The smallest absolute Gasteiger partial charge is 0.352 e. The van der Waals surface area contributed by atoms with Crippen molar-refractivity contribution < 1.29 is 19.4 Å². The zero-order valence-electron chi connectivity index (χ0n) is 13.4. The summed E-state index contributed by atoms with van der Waals surface area (Å²) in [4.78, 5) is 11.3. The lowest BCUT2D eigenvalue weighted by atomic mass is 10.0. The summed E-state index contributed by atoms with van der Waals surface area (Å²) in [6.07, 6.45) is 1.55. The highest BCUT2D eigenvalue weighted by atomic mass is 16.5. The molecule has 2 heterocycles. The van der Waals surface area contributed by atoms with Crippen LogP contribution in [0.5, 0.6) is 11.5 Å². The molecule has 9 nitrogen and oxygen atoms in total. The van der Waals surface area contributed by atoms with E-state index < -0.39 is 12.0 Å². The Morgan fingerprint density at radius 3 is 2.83 bits per heavy atom. The molecule has 9 heteroatoms. The van der Waals surface area contributed by atoms with Gasteiger partial charge < -0.3 is 19.9 Å². The topological polar surface area (TPSA) is 111 Å². The van der Waals surface area contributed by atoms with Gasteiger partial charge in [-0.15, -0.1) is 0 Å². The molecule has 1 unspecified atom stereocenters. The summed E-state index contributed by atoms with van der Waals surface area (Å²) in [5.74, 6) is 0.353. The van der Waals surface area contributed by atoms with E-state index in [9.17, 15) is 9.90 Å². The van der Waals surface area contributed by atoms with E-state index in [1.54, 1.807) is 25.3 Å². The number of methoxy groups -OCH3 is 1. The summed E-state index contributed by atoms with van der Waals surface area (Å²) in [5.41, 5.74) is 0.792. The Bertz CT molecular complexity index is 799. The Hall–Kier alpha value is -3.10. The van der Waals surface area contributed by atoms with Gasteiger partial charge in [0.05, 0.1) is 13.2 Å². The van der Waals surface area contributed by atoms with Gasteiger partial charge in [-0.1, -0.05) is 11.2 Å². The lowest BCUT2D eigenvalue weighted by Gasteiger charge is -2.22. The number of nitrogens with zero attached hydrogens (tertiary/aromatic N) is 4. The molecule has 24 heavy (non-hydrogen) atoms. The minimum atomic E-state index is -1.08. The molecule has 0 amide bonds. The maximum Gasteiger partial charge on any atom is 0.352 e. The van der Waals surface area contributed by atoms with Crippen LogP contribution in [-0.4, -0.2) is 44.5 Å². The third-order valence-corrected chi connectivity index (χ3v) is 3.45. The first kappa shape index (κ1) is 15.8. The van der Waals surface area contributed by atoms with Gasteiger partial charge in [-0.2, -0.15) is 4.68 Å². The van der Waals surface area contributed by atoms with Gasteiger partial charge >= 0.3 is 5.97 Å². The van der Waals surface area contributed by atoms with Crippen molar-refractivity contribution in [2.24, 2.45) is 0 Å². The van der Waals surface area contributed by atoms with Crippen LogP contribution in [0.15, 0.2) is 30.0 Å². The summed E-state index contributed by atoms with van der Waals surface area (Å²) in [7, 11) is 1.55. The van der Waals surface area contributed by atoms with Crippen LogP contribution >= 0.6 is 0 Å². The highest BCUT2D eigenvalue weighted by molar-refractivity contribution is 5.90. The predicted octanol–water partition coefficient (Wildman–Crippen LogP) is 1.45. The summed E-state index contributed by atoms with van der Waals surface area (Å²) in [6, 6.07) is 4.94. The van der Waals surface area contributed by atoms with E-state index >= 15 is 0 Å². The second-order valence-electron chi connectivity index (χ2n) is 5.48. The molecule has 0 fully saturated rings. The molecule has 3 rings (SSSR count). The number of rotatable bonds is 5. The fraction of sp³-hybridized carbons (Fsp3) is 0.333. The van der Waals surface area contributed by atoms with Crippen molar-refractivity contribution in [3.63, 3.8) is 0 Å². The largest absolute Gasteiger partial charge is 0.493 e. The van der Waals surface area contributed by atoms with Crippen molar-refractivity contribution in [3.05, 3.63) is 35.5 Å². The summed E-state index contributed by atoms with van der Waals surface area (Å²) >= 11 is 0. The summed E-state index contributed by atoms with van der Waals surface area (Å²) < 4.78 is 12.6. The van der Waals surface area contributed by atoms with Gasteiger partial charge in [0.25, 0.3) is 0 Å². The Balaban J connectivity index is 2.03. The molecule has 1 aliphatic rings. The number of nitrogens with one attached hydrogen (secondary N) is 1. The van der Waals surface area contributed by atoms with E-state index in [2.05, 4.69) is 20.8 Å². The average molecular weight is 331 g/mol. The van der Waals surface area contributed by atoms with Crippen molar-refractivity contribution in [1.82, 2.24) is 20.2 Å². The van der Waals surface area contributed by atoms with Gasteiger partial charge in [0.15, 0.2) is 11.5 Å². The van der Waals surface area contributed by atoms with Crippen LogP contribution in [0.25, 0.3) is 0 Å².